The number of hydrogen-bond acceptors (Lipinski definition) is 6. The zero-order valence-electron chi connectivity index (χ0n) is 13.7. The first-order valence-corrected chi connectivity index (χ1v) is 8.68. The lowest BCUT2D eigenvalue weighted by Crippen LogP contribution is -2.25. The van der Waals surface area contributed by atoms with Gasteiger partial charge in [0.2, 0.25) is 11.1 Å². The molecule has 0 aliphatic carbocycles. The van der Waals surface area contributed by atoms with Crippen molar-refractivity contribution in [3.05, 3.63) is 59.9 Å². The number of carbonyl (C=O) groups excluding carboxylic acids is 1. The molecule has 8 heteroatoms. The molecular formula is C17H18N6OS. The molecule has 0 fully saturated rings. The predicted molar refractivity (Wildman–Crippen MR) is 97.2 cm³/mol. The van der Waals surface area contributed by atoms with Crippen LogP contribution in [0.15, 0.2) is 53.9 Å². The standard InChI is InChI=1S/C17H18N6OS/c1-12-4-6-13(7-5-12)9-20-15(24)11-25-17-22-21-16(23(17)18)14-3-2-8-19-10-14/h2-8,10H,9,11,18H2,1H3,(H,20,24). The first-order chi connectivity index (χ1) is 12.1. The molecule has 3 aromatic rings. The fourth-order valence-electron chi connectivity index (χ4n) is 2.16. The van der Waals surface area contributed by atoms with Gasteiger partial charge in [0.1, 0.15) is 0 Å². The number of nitrogen functional groups attached to an aromatic ring is 1. The number of benzene rings is 1. The Kier molecular flexibility index (Phi) is 5.30. The molecule has 3 N–H and O–H groups in total. The SMILES string of the molecule is Cc1ccc(CNC(=O)CSc2nnc(-c3cccnc3)n2N)cc1. The normalized spacial score (nSPS) is 10.6. The van der Waals surface area contributed by atoms with Gasteiger partial charge in [0, 0.05) is 24.5 Å². The number of nitrogens with two attached hydrogens (primary N) is 1. The van der Waals surface area contributed by atoms with Crippen molar-refractivity contribution in [3.8, 4) is 11.4 Å². The summed E-state index contributed by atoms with van der Waals surface area (Å²) in [6, 6.07) is 11.7. The Morgan fingerprint density at radius 3 is 2.76 bits per heavy atom. The number of aromatic nitrogens is 4. The second-order valence-corrected chi connectivity index (χ2v) is 6.41. The second kappa shape index (κ2) is 7.80. The van der Waals surface area contributed by atoms with Gasteiger partial charge in [-0.25, -0.2) is 4.68 Å². The maximum Gasteiger partial charge on any atom is 0.230 e. The van der Waals surface area contributed by atoms with E-state index in [1.54, 1.807) is 18.5 Å². The molecule has 0 aliphatic rings. The van der Waals surface area contributed by atoms with Gasteiger partial charge in [-0.2, -0.15) is 0 Å². The average Bonchev–Trinajstić information content (AvgIpc) is 3.01. The quantitative estimate of drug-likeness (QED) is 0.517. The average molecular weight is 354 g/mol. The van der Waals surface area contributed by atoms with Gasteiger partial charge in [-0.3, -0.25) is 9.78 Å². The molecule has 25 heavy (non-hydrogen) atoms. The van der Waals surface area contributed by atoms with Crippen LogP contribution in [-0.2, 0) is 11.3 Å². The molecule has 0 bridgehead atoms. The zero-order valence-corrected chi connectivity index (χ0v) is 14.5. The molecule has 1 amide bonds. The number of thioether (sulfide) groups is 1. The van der Waals surface area contributed by atoms with E-state index in [9.17, 15) is 4.79 Å². The molecular weight excluding hydrogens is 336 g/mol. The minimum atomic E-state index is -0.0866. The minimum absolute atomic E-state index is 0.0866. The lowest BCUT2D eigenvalue weighted by Gasteiger charge is -2.06. The van der Waals surface area contributed by atoms with Gasteiger partial charge < -0.3 is 11.2 Å². The predicted octanol–water partition coefficient (Wildman–Crippen LogP) is 1.77. The Balaban J connectivity index is 1.54. The van der Waals surface area contributed by atoms with Gasteiger partial charge >= 0.3 is 0 Å². The fourth-order valence-corrected chi connectivity index (χ4v) is 2.84. The number of nitrogens with one attached hydrogen (secondary N) is 1. The largest absolute Gasteiger partial charge is 0.351 e. The summed E-state index contributed by atoms with van der Waals surface area (Å²) in [6.07, 6.45) is 3.34. The van der Waals surface area contributed by atoms with E-state index in [4.69, 9.17) is 5.84 Å². The molecule has 0 radical (unpaired) electrons. The van der Waals surface area contributed by atoms with E-state index in [1.165, 1.54) is 22.0 Å². The summed E-state index contributed by atoms with van der Waals surface area (Å²) in [7, 11) is 0. The van der Waals surface area contributed by atoms with Crippen molar-refractivity contribution in [2.75, 3.05) is 11.6 Å². The number of carbonyl (C=O) groups is 1. The van der Waals surface area contributed by atoms with Crippen molar-refractivity contribution in [1.29, 1.82) is 0 Å². The van der Waals surface area contributed by atoms with Crippen LogP contribution in [0.5, 0.6) is 0 Å². The number of hydrogen-bond donors (Lipinski definition) is 2. The third kappa shape index (κ3) is 4.36. The smallest absolute Gasteiger partial charge is 0.230 e. The van der Waals surface area contributed by atoms with E-state index >= 15 is 0 Å². The molecule has 1 aromatic carbocycles. The highest BCUT2D eigenvalue weighted by molar-refractivity contribution is 7.99. The maximum absolute atomic E-state index is 12.0. The highest BCUT2D eigenvalue weighted by atomic mass is 32.2. The Labute approximate surface area is 149 Å². The molecule has 7 nitrogen and oxygen atoms in total. The van der Waals surface area contributed by atoms with Gasteiger partial charge in [0.25, 0.3) is 0 Å². The Bertz CT molecular complexity index is 847. The van der Waals surface area contributed by atoms with E-state index in [2.05, 4.69) is 20.5 Å². The summed E-state index contributed by atoms with van der Waals surface area (Å²) in [5.41, 5.74) is 3.02. The van der Waals surface area contributed by atoms with Crippen LogP contribution < -0.4 is 11.2 Å². The summed E-state index contributed by atoms with van der Waals surface area (Å²) in [5.74, 6) is 6.65. The highest BCUT2D eigenvalue weighted by Crippen LogP contribution is 2.20. The second-order valence-electron chi connectivity index (χ2n) is 5.47. The fraction of sp³-hybridized carbons (Fsp3) is 0.176. The lowest BCUT2D eigenvalue weighted by atomic mass is 10.1. The van der Waals surface area contributed by atoms with Crippen molar-refractivity contribution >= 4 is 17.7 Å². The maximum atomic E-state index is 12.0. The van der Waals surface area contributed by atoms with Crippen molar-refractivity contribution in [3.63, 3.8) is 0 Å². The molecule has 3 rings (SSSR count). The molecule has 0 atom stereocenters. The van der Waals surface area contributed by atoms with Gasteiger partial charge in [-0.15, -0.1) is 10.2 Å². The first-order valence-electron chi connectivity index (χ1n) is 7.69. The van der Waals surface area contributed by atoms with Crippen LogP contribution in [-0.4, -0.2) is 31.5 Å². The van der Waals surface area contributed by atoms with E-state index in [0.29, 0.717) is 17.5 Å². The van der Waals surface area contributed by atoms with Crippen molar-refractivity contribution in [2.45, 2.75) is 18.6 Å². The Morgan fingerprint density at radius 2 is 2.04 bits per heavy atom. The van der Waals surface area contributed by atoms with Crippen molar-refractivity contribution in [2.24, 2.45) is 0 Å². The van der Waals surface area contributed by atoms with Gasteiger partial charge in [-0.05, 0) is 24.6 Å². The first kappa shape index (κ1) is 17.0. The molecule has 0 saturated carbocycles. The Hall–Kier alpha value is -2.87. The van der Waals surface area contributed by atoms with Crippen molar-refractivity contribution in [1.82, 2.24) is 25.2 Å². The molecule has 128 valence electrons. The number of aryl methyl sites for hydroxylation is 1. The number of rotatable bonds is 6. The van der Waals surface area contributed by atoms with Crippen LogP contribution in [0.4, 0.5) is 0 Å². The number of amides is 1. The summed E-state index contributed by atoms with van der Waals surface area (Å²) in [6.45, 7) is 2.53. The summed E-state index contributed by atoms with van der Waals surface area (Å²) in [4.78, 5) is 16.0. The summed E-state index contributed by atoms with van der Waals surface area (Å²) < 4.78 is 1.37. The number of nitrogens with zero attached hydrogens (tertiary/aromatic N) is 4. The summed E-state index contributed by atoms with van der Waals surface area (Å²) >= 11 is 1.24. The summed E-state index contributed by atoms with van der Waals surface area (Å²) in [5, 5.41) is 11.5. The lowest BCUT2D eigenvalue weighted by molar-refractivity contribution is -0.118. The molecule has 2 heterocycles. The number of pyridine rings is 1. The van der Waals surface area contributed by atoms with Crippen molar-refractivity contribution < 1.29 is 4.79 Å². The van der Waals surface area contributed by atoms with Crippen LogP contribution in [0.2, 0.25) is 0 Å². The Morgan fingerprint density at radius 1 is 1.24 bits per heavy atom. The molecule has 0 spiro atoms. The van der Waals surface area contributed by atoms with Gasteiger partial charge in [0.15, 0.2) is 5.82 Å². The highest BCUT2D eigenvalue weighted by Gasteiger charge is 2.13. The van der Waals surface area contributed by atoms with E-state index in [1.807, 2.05) is 37.3 Å². The van der Waals surface area contributed by atoms with Crippen LogP contribution in [0.3, 0.4) is 0 Å². The topological polar surface area (TPSA) is 98.7 Å². The zero-order chi connectivity index (χ0) is 17.6. The molecule has 0 unspecified atom stereocenters. The van der Waals surface area contributed by atoms with E-state index in [0.717, 1.165) is 11.1 Å². The third-order valence-electron chi connectivity index (χ3n) is 3.53. The van der Waals surface area contributed by atoms with Crippen LogP contribution in [0.25, 0.3) is 11.4 Å². The van der Waals surface area contributed by atoms with E-state index < -0.39 is 0 Å². The molecule has 0 saturated heterocycles. The van der Waals surface area contributed by atoms with Gasteiger partial charge in [0.05, 0.1) is 5.75 Å². The molecule has 0 aliphatic heterocycles. The molecule has 2 aromatic heterocycles. The monoisotopic (exact) mass is 354 g/mol. The van der Waals surface area contributed by atoms with E-state index in [-0.39, 0.29) is 11.7 Å². The van der Waals surface area contributed by atoms with Crippen LogP contribution >= 0.6 is 11.8 Å². The minimum Gasteiger partial charge on any atom is -0.351 e. The van der Waals surface area contributed by atoms with Crippen LogP contribution in [0.1, 0.15) is 11.1 Å². The van der Waals surface area contributed by atoms with Gasteiger partial charge in [-0.1, -0.05) is 41.6 Å². The van der Waals surface area contributed by atoms with Crippen LogP contribution in [0, 0.1) is 6.92 Å². The third-order valence-corrected chi connectivity index (χ3v) is 4.47.